The third-order valence-corrected chi connectivity index (χ3v) is 3.52. The van der Waals surface area contributed by atoms with E-state index in [9.17, 15) is 4.79 Å². The van der Waals surface area contributed by atoms with Gasteiger partial charge < -0.3 is 19.7 Å². The first-order valence-electron chi connectivity index (χ1n) is 7.29. The average molecular weight is 330 g/mol. The molecule has 1 amide bonds. The topological polar surface area (TPSA) is 63.7 Å². The van der Waals surface area contributed by atoms with Gasteiger partial charge in [0.15, 0.2) is 0 Å². The van der Waals surface area contributed by atoms with Gasteiger partial charge in [-0.3, -0.25) is 9.78 Å². The summed E-state index contributed by atoms with van der Waals surface area (Å²) in [5, 5.41) is 3.33. The van der Waals surface area contributed by atoms with Crippen LogP contribution in [-0.4, -0.2) is 62.4 Å². The summed E-state index contributed by atoms with van der Waals surface area (Å²) >= 11 is 0. The first-order chi connectivity index (χ1) is 10.3. The average Bonchev–Trinajstić information content (AvgIpc) is 2.55. The maximum Gasteiger partial charge on any atom is 0.225 e. The number of methoxy groups -OCH3 is 1. The number of nitrogens with zero attached hydrogens (tertiary/aromatic N) is 2. The van der Waals surface area contributed by atoms with Gasteiger partial charge in [-0.1, -0.05) is 6.07 Å². The van der Waals surface area contributed by atoms with Crippen molar-refractivity contribution in [3.05, 3.63) is 30.1 Å². The van der Waals surface area contributed by atoms with Gasteiger partial charge in [-0.15, -0.1) is 12.4 Å². The lowest BCUT2D eigenvalue weighted by atomic mass is 10.0. The number of piperazine rings is 1. The molecule has 1 atom stereocenters. The number of ether oxygens (including phenoxy) is 2. The third kappa shape index (κ3) is 5.53. The van der Waals surface area contributed by atoms with E-state index in [0.29, 0.717) is 26.2 Å². The molecule has 6 nitrogen and oxygen atoms in total. The summed E-state index contributed by atoms with van der Waals surface area (Å²) in [5.74, 6) is 0.128. The quantitative estimate of drug-likeness (QED) is 0.757. The van der Waals surface area contributed by atoms with Crippen molar-refractivity contribution >= 4 is 18.3 Å². The molecular formula is C15H24ClN3O3. The summed E-state index contributed by atoms with van der Waals surface area (Å²) in [6.07, 6.45) is 3.98. The molecule has 2 heterocycles. The maximum atomic E-state index is 12.4. The number of carbonyl (C=O) groups is 1. The minimum Gasteiger partial charge on any atom is -0.382 e. The summed E-state index contributed by atoms with van der Waals surface area (Å²) < 4.78 is 10.3. The molecule has 0 aliphatic carbocycles. The van der Waals surface area contributed by atoms with E-state index in [1.54, 1.807) is 13.3 Å². The van der Waals surface area contributed by atoms with E-state index in [1.807, 2.05) is 23.2 Å². The van der Waals surface area contributed by atoms with Crippen LogP contribution in [0.3, 0.4) is 0 Å². The van der Waals surface area contributed by atoms with Crippen molar-refractivity contribution in [1.82, 2.24) is 15.2 Å². The standard InChI is InChI=1S/C15H23N3O3.ClH/c1-20-9-10-21-8-4-15(19)18-7-6-17-12-14(18)13-3-2-5-16-11-13;/h2-3,5,11,14,17H,4,6-10,12H2,1H3;1H. The second kappa shape index (κ2) is 10.5. The summed E-state index contributed by atoms with van der Waals surface area (Å²) in [5.41, 5.74) is 1.07. The van der Waals surface area contributed by atoms with Crippen molar-refractivity contribution in [2.75, 3.05) is 46.6 Å². The lowest BCUT2D eigenvalue weighted by Crippen LogP contribution is -2.48. The molecule has 1 aromatic heterocycles. The molecule has 1 aliphatic heterocycles. The van der Waals surface area contributed by atoms with Crippen LogP contribution in [0.15, 0.2) is 24.5 Å². The summed E-state index contributed by atoms with van der Waals surface area (Å²) in [6, 6.07) is 3.97. The fraction of sp³-hybridized carbons (Fsp3) is 0.600. The minimum absolute atomic E-state index is 0. The van der Waals surface area contributed by atoms with E-state index < -0.39 is 0 Å². The lowest BCUT2D eigenvalue weighted by Gasteiger charge is -2.36. The van der Waals surface area contributed by atoms with Crippen LogP contribution in [0.1, 0.15) is 18.0 Å². The Bertz CT molecular complexity index is 433. The second-order valence-corrected chi connectivity index (χ2v) is 4.95. The van der Waals surface area contributed by atoms with E-state index in [-0.39, 0.29) is 24.4 Å². The van der Waals surface area contributed by atoms with Crippen LogP contribution in [0.4, 0.5) is 0 Å². The Morgan fingerprint density at radius 3 is 3.05 bits per heavy atom. The maximum absolute atomic E-state index is 12.4. The number of halogens is 1. The van der Waals surface area contributed by atoms with Gasteiger partial charge in [0.2, 0.25) is 5.91 Å². The van der Waals surface area contributed by atoms with E-state index in [0.717, 1.165) is 25.2 Å². The zero-order chi connectivity index (χ0) is 14.9. The highest BCUT2D eigenvalue weighted by Gasteiger charge is 2.27. The van der Waals surface area contributed by atoms with Crippen LogP contribution in [0.25, 0.3) is 0 Å². The monoisotopic (exact) mass is 329 g/mol. The van der Waals surface area contributed by atoms with Crippen molar-refractivity contribution in [1.29, 1.82) is 0 Å². The van der Waals surface area contributed by atoms with Gasteiger partial charge in [0, 0.05) is 39.1 Å². The van der Waals surface area contributed by atoms with Crippen LogP contribution < -0.4 is 5.32 Å². The molecule has 2 rings (SSSR count). The molecule has 1 saturated heterocycles. The summed E-state index contributed by atoms with van der Waals surface area (Å²) in [7, 11) is 1.63. The first kappa shape index (κ1) is 18.8. The number of amides is 1. The Kier molecular flexibility index (Phi) is 9.00. The van der Waals surface area contributed by atoms with Crippen molar-refractivity contribution in [3.63, 3.8) is 0 Å². The van der Waals surface area contributed by atoms with Gasteiger partial charge in [-0.25, -0.2) is 0 Å². The van der Waals surface area contributed by atoms with Gasteiger partial charge in [0.1, 0.15) is 0 Å². The first-order valence-corrected chi connectivity index (χ1v) is 7.29. The molecule has 0 bridgehead atoms. The van der Waals surface area contributed by atoms with E-state index in [1.165, 1.54) is 0 Å². The van der Waals surface area contributed by atoms with Gasteiger partial charge in [0.05, 0.1) is 32.3 Å². The molecule has 0 radical (unpaired) electrons. The van der Waals surface area contributed by atoms with Crippen molar-refractivity contribution in [3.8, 4) is 0 Å². The van der Waals surface area contributed by atoms with Crippen LogP contribution in [0, 0.1) is 0 Å². The van der Waals surface area contributed by atoms with Crippen molar-refractivity contribution < 1.29 is 14.3 Å². The fourth-order valence-corrected chi connectivity index (χ4v) is 2.42. The molecular weight excluding hydrogens is 306 g/mol. The van der Waals surface area contributed by atoms with Crippen LogP contribution in [0.2, 0.25) is 0 Å². The Labute approximate surface area is 137 Å². The largest absolute Gasteiger partial charge is 0.382 e. The lowest BCUT2D eigenvalue weighted by molar-refractivity contribution is -0.135. The number of aromatic nitrogens is 1. The third-order valence-electron chi connectivity index (χ3n) is 3.52. The van der Waals surface area contributed by atoms with Gasteiger partial charge in [-0.2, -0.15) is 0 Å². The van der Waals surface area contributed by atoms with Crippen LogP contribution >= 0.6 is 12.4 Å². The van der Waals surface area contributed by atoms with Crippen LogP contribution in [-0.2, 0) is 14.3 Å². The molecule has 1 fully saturated rings. The number of hydrogen-bond acceptors (Lipinski definition) is 5. The van der Waals surface area contributed by atoms with Crippen LogP contribution in [0.5, 0.6) is 0 Å². The number of hydrogen-bond donors (Lipinski definition) is 1. The molecule has 22 heavy (non-hydrogen) atoms. The molecule has 124 valence electrons. The highest BCUT2D eigenvalue weighted by molar-refractivity contribution is 5.85. The summed E-state index contributed by atoms with van der Waals surface area (Å²) in [4.78, 5) is 18.5. The number of pyridine rings is 1. The van der Waals surface area contributed by atoms with E-state index in [4.69, 9.17) is 9.47 Å². The Morgan fingerprint density at radius 2 is 2.32 bits per heavy atom. The molecule has 0 aromatic carbocycles. The van der Waals surface area contributed by atoms with Crippen molar-refractivity contribution in [2.45, 2.75) is 12.5 Å². The number of carbonyl (C=O) groups excluding carboxylic acids is 1. The number of nitrogens with one attached hydrogen (secondary N) is 1. The molecule has 1 aliphatic rings. The molecule has 0 saturated carbocycles. The fourth-order valence-electron chi connectivity index (χ4n) is 2.42. The highest BCUT2D eigenvalue weighted by Crippen LogP contribution is 2.22. The predicted octanol–water partition coefficient (Wildman–Crippen LogP) is 1.03. The minimum atomic E-state index is 0. The molecule has 0 spiro atoms. The zero-order valence-corrected chi connectivity index (χ0v) is 13.7. The van der Waals surface area contributed by atoms with Gasteiger partial charge >= 0.3 is 0 Å². The zero-order valence-electron chi connectivity index (χ0n) is 12.9. The SMILES string of the molecule is COCCOCCC(=O)N1CCNCC1c1cccnc1.Cl. The number of rotatable bonds is 7. The Morgan fingerprint density at radius 1 is 1.45 bits per heavy atom. The summed E-state index contributed by atoms with van der Waals surface area (Å²) in [6.45, 7) is 3.83. The normalized spacial score (nSPS) is 17.9. The predicted molar refractivity (Wildman–Crippen MR) is 86.1 cm³/mol. The van der Waals surface area contributed by atoms with Crippen molar-refractivity contribution in [2.24, 2.45) is 0 Å². The smallest absolute Gasteiger partial charge is 0.225 e. The highest BCUT2D eigenvalue weighted by atomic mass is 35.5. The van der Waals surface area contributed by atoms with E-state index >= 15 is 0 Å². The van der Waals surface area contributed by atoms with E-state index in [2.05, 4.69) is 10.3 Å². The second-order valence-electron chi connectivity index (χ2n) is 4.95. The Balaban J connectivity index is 0.00000242. The molecule has 1 N–H and O–H groups in total. The molecule has 1 aromatic rings. The molecule has 7 heteroatoms. The molecule has 1 unspecified atom stereocenters. The Hall–Kier alpha value is -1.21. The van der Waals surface area contributed by atoms with Gasteiger partial charge in [0.25, 0.3) is 0 Å². The van der Waals surface area contributed by atoms with Gasteiger partial charge in [-0.05, 0) is 11.6 Å².